The molecule has 1 aliphatic rings. The van der Waals surface area contributed by atoms with Crippen LogP contribution in [0.5, 0.6) is 11.5 Å². The first-order valence-electron chi connectivity index (χ1n) is 16.4. The number of amides is 1. The van der Waals surface area contributed by atoms with Crippen molar-refractivity contribution in [3.63, 3.8) is 0 Å². The molecule has 3 heterocycles. The summed E-state index contributed by atoms with van der Waals surface area (Å²) in [4.78, 5) is 33.7. The van der Waals surface area contributed by atoms with Gasteiger partial charge in [-0.2, -0.15) is 0 Å². The van der Waals surface area contributed by atoms with Crippen LogP contribution >= 0.6 is 0 Å². The van der Waals surface area contributed by atoms with E-state index in [4.69, 9.17) is 14.5 Å². The average Bonchev–Trinajstić information content (AvgIpc) is 3.64. The number of carboxylic acids is 1. The number of imidazole rings is 1. The Kier molecular flexibility index (Phi) is 9.36. The van der Waals surface area contributed by atoms with Crippen LogP contribution in [-0.4, -0.2) is 63.4 Å². The molecule has 3 aromatic carbocycles. The number of carboxylic acid groups (broad SMARTS) is 1. The van der Waals surface area contributed by atoms with Crippen molar-refractivity contribution in [2.75, 3.05) is 12.8 Å². The summed E-state index contributed by atoms with van der Waals surface area (Å²) in [5, 5.41) is 9.69. The molecule has 274 valence electrons. The number of rotatable bonds is 8. The quantitative estimate of drug-likeness (QED) is 0.166. The summed E-state index contributed by atoms with van der Waals surface area (Å²) in [6.07, 6.45) is 1.55. The Hall–Kier alpha value is -5.31. The molecule has 2 unspecified atom stereocenters. The average molecular weight is 739 g/mol. The largest absolute Gasteiger partial charge is 0.481 e. The van der Waals surface area contributed by atoms with Crippen LogP contribution < -0.4 is 4.74 Å². The van der Waals surface area contributed by atoms with Crippen LogP contribution in [0, 0.1) is 30.3 Å². The highest BCUT2D eigenvalue weighted by atomic mass is 32.2. The molecule has 6 rings (SSSR count). The molecule has 0 aliphatic carbocycles. The molecular weight excluding hydrogens is 701 g/mol. The Morgan fingerprint density at radius 3 is 2.48 bits per heavy atom. The van der Waals surface area contributed by atoms with Gasteiger partial charge in [-0.3, -0.25) is 9.69 Å². The summed E-state index contributed by atoms with van der Waals surface area (Å²) < 4.78 is 86.3. The van der Waals surface area contributed by atoms with Gasteiger partial charge in [-0.1, -0.05) is 25.1 Å². The van der Waals surface area contributed by atoms with Crippen molar-refractivity contribution in [1.82, 2.24) is 19.4 Å². The zero-order valence-electron chi connectivity index (χ0n) is 29.3. The monoisotopic (exact) mass is 738 g/mol. The van der Waals surface area contributed by atoms with E-state index in [0.29, 0.717) is 5.69 Å². The van der Waals surface area contributed by atoms with Crippen LogP contribution in [0.3, 0.4) is 0 Å². The highest BCUT2D eigenvalue weighted by Crippen LogP contribution is 2.41. The van der Waals surface area contributed by atoms with Crippen LogP contribution in [-0.2, 0) is 32.3 Å². The van der Waals surface area contributed by atoms with Gasteiger partial charge in [-0.05, 0) is 63.9 Å². The fourth-order valence-corrected chi connectivity index (χ4v) is 7.49. The van der Waals surface area contributed by atoms with Gasteiger partial charge in [0.2, 0.25) is 0 Å². The maximum atomic E-state index is 16.4. The topological polar surface area (TPSA) is 144 Å². The first-order valence-corrected chi connectivity index (χ1v) is 18.3. The molecule has 5 aromatic rings. The Balaban J connectivity index is 1.47. The molecule has 0 fully saturated rings. The molecule has 0 saturated heterocycles. The van der Waals surface area contributed by atoms with Gasteiger partial charge in [0, 0.05) is 59.3 Å². The number of sulfone groups is 1. The third kappa shape index (κ3) is 6.84. The van der Waals surface area contributed by atoms with Crippen molar-refractivity contribution < 1.29 is 45.8 Å². The van der Waals surface area contributed by atoms with Crippen LogP contribution in [0.4, 0.5) is 18.0 Å². The molecule has 2 atom stereocenters. The molecule has 11 nitrogen and oxygen atoms in total. The molecule has 2 N–H and O–H groups in total. The van der Waals surface area contributed by atoms with Gasteiger partial charge in [-0.15, -0.1) is 0 Å². The highest BCUT2D eigenvalue weighted by molar-refractivity contribution is 7.91. The number of aromatic amines is 1. The lowest BCUT2D eigenvalue weighted by atomic mass is 9.95. The fraction of sp³-hybridized carbons (Fsp3) is 0.324. The van der Waals surface area contributed by atoms with Gasteiger partial charge < -0.3 is 24.1 Å². The maximum Gasteiger partial charge on any atom is 0.411 e. The van der Waals surface area contributed by atoms with Crippen molar-refractivity contribution in [2.45, 2.75) is 64.1 Å². The van der Waals surface area contributed by atoms with E-state index in [1.54, 1.807) is 38.3 Å². The number of hydrogen-bond donors (Lipinski definition) is 2. The molecule has 1 aliphatic heterocycles. The van der Waals surface area contributed by atoms with Crippen molar-refractivity contribution in [2.24, 2.45) is 5.92 Å². The molecule has 2 aromatic heterocycles. The molecular formula is C37H37F3N4O7S. The smallest absolute Gasteiger partial charge is 0.411 e. The number of halogens is 3. The number of nitrogens with zero attached hydrogens (tertiary/aromatic N) is 3. The van der Waals surface area contributed by atoms with Gasteiger partial charge in [0.05, 0.1) is 11.6 Å². The summed E-state index contributed by atoms with van der Waals surface area (Å²) in [6, 6.07) is 9.53. The summed E-state index contributed by atoms with van der Waals surface area (Å²) in [6.45, 7) is 8.49. The Morgan fingerprint density at radius 2 is 1.81 bits per heavy atom. The van der Waals surface area contributed by atoms with E-state index < -0.39 is 62.7 Å². The first-order chi connectivity index (χ1) is 24.4. The van der Waals surface area contributed by atoms with Crippen molar-refractivity contribution in [3.05, 3.63) is 94.8 Å². The molecule has 0 spiro atoms. The van der Waals surface area contributed by atoms with Crippen LogP contribution in [0.1, 0.15) is 56.4 Å². The van der Waals surface area contributed by atoms with Crippen LogP contribution in [0.25, 0.3) is 22.2 Å². The number of fused-ring (bicyclic) bond motifs is 2. The van der Waals surface area contributed by atoms with Gasteiger partial charge in [0.1, 0.15) is 39.7 Å². The summed E-state index contributed by atoms with van der Waals surface area (Å²) in [5.74, 6) is -4.84. The second kappa shape index (κ2) is 13.3. The van der Waals surface area contributed by atoms with Gasteiger partial charge in [-0.25, -0.2) is 31.4 Å². The van der Waals surface area contributed by atoms with Crippen molar-refractivity contribution in [3.8, 4) is 22.8 Å². The Labute approximate surface area is 297 Å². The zero-order valence-corrected chi connectivity index (χ0v) is 30.1. The standard InChI is InChI=1S/C37H37F3N4O7S/c1-19(35(45)46)16-21-8-7-9-24(29(21)40)31-34-42-30(20(2)43(34)14-15-44(31)36(47)51-37(3,4)5)25-17-22(10-11-26(25)38)50-32-27(39)18-28-23(12-13-41-28)33(32)52(6,48)49/h7-13,17-19,31,41H,14-16H2,1-6H3,(H,45,46). The predicted molar refractivity (Wildman–Crippen MR) is 185 cm³/mol. The number of H-pyrrole nitrogens is 1. The van der Waals surface area contributed by atoms with E-state index >= 15 is 13.2 Å². The molecule has 52 heavy (non-hydrogen) atoms. The number of ether oxygens (including phenoxy) is 2. The maximum absolute atomic E-state index is 16.4. The number of aliphatic carboxylic acids is 1. The number of hydrogen-bond acceptors (Lipinski definition) is 7. The lowest BCUT2D eigenvalue weighted by molar-refractivity contribution is -0.141. The lowest BCUT2D eigenvalue weighted by Gasteiger charge is -2.37. The molecule has 0 saturated carbocycles. The van der Waals surface area contributed by atoms with Gasteiger partial charge in [0.15, 0.2) is 21.4 Å². The zero-order chi connectivity index (χ0) is 37.9. The summed E-state index contributed by atoms with van der Waals surface area (Å²) in [5.41, 5.74) is 0.0400. The first kappa shape index (κ1) is 36.5. The van der Waals surface area contributed by atoms with E-state index in [-0.39, 0.29) is 69.3 Å². The van der Waals surface area contributed by atoms with Crippen molar-refractivity contribution >= 4 is 32.8 Å². The molecule has 15 heteroatoms. The predicted octanol–water partition coefficient (Wildman–Crippen LogP) is 7.56. The van der Waals surface area contributed by atoms with E-state index in [2.05, 4.69) is 4.98 Å². The fourth-order valence-electron chi connectivity index (χ4n) is 6.44. The summed E-state index contributed by atoms with van der Waals surface area (Å²) in [7, 11) is -4.00. The minimum Gasteiger partial charge on any atom is -0.481 e. The molecule has 0 radical (unpaired) electrons. The molecule has 0 bridgehead atoms. The highest BCUT2D eigenvalue weighted by Gasteiger charge is 2.40. The van der Waals surface area contributed by atoms with Gasteiger partial charge in [0.25, 0.3) is 0 Å². The Morgan fingerprint density at radius 1 is 1.08 bits per heavy atom. The van der Waals surface area contributed by atoms with E-state index in [9.17, 15) is 23.1 Å². The number of carbonyl (C=O) groups excluding carboxylic acids is 1. The lowest BCUT2D eigenvalue weighted by Crippen LogP contribution is -2.45. The van der Waals surface area contributed by atoms with Crippen molar-refractivity contribution in [1.29, 1.82) is 0 Å². The Bertz CT molecular complexity index is 2350. The second-order valence-electron chi connectivity index (χ2n) is 13.9. The summed E-state index contributed by atoms with van der Waals surface area (Å²) >= 11 is 0. The number of aromatic nitrogens is 3. The number of benzene rings is 3. The van der Waals surface area contributed by atoms with E-state index in [0.717, 1.165) is 18.4 Å². The van der Waals surface area contributed by atoms with E-state index in [1.807, 2.05) is 0 Å². The third-order valence-corrected chi connectivity index (χ3v) is 10.00. The molecule has 1 amide bonds. The van der Waals surface area contributed by atoms with Gasteiger partial charge >= 0.3 is 12.1 Å². The SMILES string of the molecule is Cc1c(-c2cc(Oc3c(F)cc4[nH]ccc4c3S(C)(=O)=O)ccc2F)nc2n1CCN(C(=O)OC(C)(C)C)C2c1cccc(CC(C)C(=O)O)c1F. The number of carbonyl (C=O) groups is 2. The van der Waals surface area contributed by atoms with Crippen LogP contribution in [0.2, 0.25) is 0 Å². The normalized spacial score (nSPS) is 15.4. The van der Waals surface area contributed by atoms with Crippen LogP contribution in [0.15, 0.2) is 59.6 Å². The number of nitrogens with one attached hydrogen (secondary N) is 1. The third-order valence-electron chi connectivity index (χ3n) is 8.85. The second-order valence-corrected chi connectivity index (χ2v) is 15.8. The minimum absolute atomic E-state index is 0.0416. The minimum atomic E-state index is -4.00. The van der Waals surface area contributed by atoms with E-state index in [1.165, 1.54) is 48.4 Å².